The minimum Gasteiger partial charge on any atom is -0.444 e. The molecule has 0 radical (unpaired) electrons. The Labute approximate surface area is 151 Å². The number of amides is 4. The Morgan fingerprint density at radius 2 is 2.00 bits per heavy atom. The third kappa shape index (κ3) is 3.70. The van der Waals surface area contributed by atoms with Crippen LogP contribution in [-0.2, 0) is 14.4 Å². The lowest BCUT2D eigenvalue weighted by atomic mass is 10.0. The number of hydroxylamine groups is 3. The summed E-state index contributed by atoms with van der Waals surface area (Å²) in [4.78, 5) is 44.4. The molecule has 0 saturated carbocycles. The number of likely N-dealkylation sites (tertiary alicyclic amines) is 1. The maximum absolute atomic E-state index is 12.3. The number of nitrogens with one attached hydrogen (secondary N) is 1. The van der Waals surface area contributed by atoms with Gasteiger partial charge in [-0.3, -0.25) is 14.8 Å². The summed E-state index contributed by atoms with van der Waals surface area (Å²) in [6, 6.07) is -1.60. The quantitative estimate of drug-likeness (QED) is 0.557. The van der Waals surface area contributed by atoms with Crippen molar-refractivity contribution in [3.63, 3.8) is 0 Å². The highest BCUT2D eigenvalue weighted by Crippen LogP contribution is 2.28. The zero-order chi connectivity index (χ0) is 19.1. The number of carbonyl (C=O) groups excluding carboxylic acids is 3. The van der Waals surface area contributed by atoms with Gasteiger partial charge in [-0.15, -0.1) is 0 Å². The summed E-state index contributed by atoms with van der Waals surface area (Å²) < 4.78 is 5.32. The predicted octanol–water partition coefficient (Wildman–Crippen LogP) is 0.701. The molecule has 0 spiro atoms. The predicted molar refractivity (Wildman–Crippen MR) is 88.0 cm³/mol. The monoisotopic (exact) mass is 370 g/mol. The Morgan fingerprint density at radius 1 is 1.27 bits per heavy atom. The lowest BCUT2D eigenvalue weighted by Gasteiger charge is -2.41. The molecular weight excluding hydrogens is 344 g/mol. The molecule has 3 fully saturated rings. The molecule has 10 nitrogen and oxygen atoms in total. The first-order valence-electron chi connectivity index (χ1n) is 8.87. The summed E-state index contributed by atoms with van der Waals surface area (Å²) in [6.07, 6.45) is 1.40. The van der Waals surface area contributed by atoms with Crippen LogP contribution in [-0.4, -0.2) is 81.5 Å². The topological polar surface area (TPSA) is 112 Å². The SMILES string of the molecule is CC(C)(C)OC(=O)N1CC[C@H]1CONC(=O)[C@@H]1CCC2CN1C(=O)N2O. The smallest absolute Gasteiger partial charge is 0.410 e. The fraction of sp³-hybridized carbons (Fsp3) is 0.812. The highest BCUT2D eigenvalue weighted by atomic mass is 16.7. The van der Waals surface area contributed by atoms with Gasteiger partial charge in [0.2, 0.25) is 0 Å². The average Bonchev–Trinajstić information content (AvgIpc) is 2.73. The Hall–Kier alpha value is -2.07. The molecular formula is C16H26N4O6. The van der Waals surface area contributed by atoms with E-state index in [9.17, 15) is 19.6 Å². The molecule has 3 aliphatic rings. The number of rotatable bonds is 4. The molecule has 1 unspecified atom stereocenters. The fourth-order valence-corrected chi connectivity index (χ4v) is 3.38. The van der Waals surface area contributed by atoms with E-state index in [1.165, 1.54) is 4.90 Å². The van der Waals surface area contributed by atoms with Gasteiger partial charge in [-0.25, -0.2) is 20.1 Å². The van der Waals surface area contributed by atoms with Crippen molar-refractivity contribution in [3.8, 4) is 0 Å². The molecule has 3 aliphatic heterocycles. The zero-order valence-corrected chi connectivity index (χ0v) is 15.3. The second-order valence-corrected chi connectivity index (χ2v) is 7.92. The molecule has 0 aromatic rings. The van der Waals surface area contributed by atoms with Gasteiger partial charge >= 0.3 is 12.1 Å². The first-order chi connectivity index (χ1) is 12.2. The molecule has 0 aromatic heterocycles. The van der Waals surface area contributed by atoms with Crippen LogP contribution in [0.15, 0.2) is 0 Å². The molecule has 3 atom stereocenters. The van der Waals surface area contributed by atoms with Gasteiger partial charge < -0.3 is 14.5 Å². The van der Waals surface area contributed by atoms with Crippen molar-refractivity contribution < 1.29 is 29.2 Å². The maximum atomic E-state index is 12.3. The molecule has 2 bridgehead atoms. The Morgan fingerprint density at radius 3 is 2.62 bits per heavy atom. The van der Waals surface area contributed by atoms with Gasteiger partial charge in [0.05, 0.1) is 18.7 Å². The van der Waals surface area contributed by atoms with Crippen LogP contribution in [0.4, 0.5) is 9.59 Å². The van der Waals surface area contributed by atoms with Crippen molar-refractivity contribution in [1.29, 1.82) is 0 Å². The lowest BCUT2D eigenvalue weighted by Crippen LogP contribution is -2.56. The third-order valence-corrected chi connectivity index (χ3v) is 4.87. The van der Waals surface area contributed by atoms with Gasteiger partial charge in [-0.2, -0.15) is 0 Å². The van der Waals surface area contributed by atoms with Crippen LogP contribution in [0.25, 0.3) is 0 Å². The van der Waals surface area contributed by atoms with Crippen molar-refractivity contribution in [2.45, 2.75) is 63.8 Å². The molecule has 2 N–H and O–H groups in total. The van der Waals surface area contributed by atoms with Crippen LogP contribution in [0.5, 0.6) is 0 Å². The summed E-state index contributed by atoms with van der Waals surface area (Å²) >= 11 is 0. The van der Waals surface area contributed by atoms with Gasteiger partial charge in [0.1, 0.15) is 11.6 Å². The van der Waals surface area contributed by atoms with Gasteiger partial charge in [-0.1, -0.05) is 0 Å². The molecule has 0 aromatic carbocycles. The molecule has 3 rings (SSSR count). The number of carbonyl (C=O) groups is 3. The van der Waals surface area contributed by atoms with Crippen molar-refractivity contribution in [2.75, 3.05) is 19.7 Å². The van der Waals surface area contributed by atoms with E-state index in [2.05, 4.69) is 5.48 Å². The fourth-order valence-electron chi connectivity index (χ4n) is 3.38. The normalized spacial score (nSPS) is 28.1. The molecule has 4 amide bonds. The summed E-state index contributed by atoms with van der Waals surface area (Å²) in [7, 11) is 0. The van der Waals surface area contributed by atoms with Gasteiger partial charge in [-0.05, 0) is 40.0 Å². The Kier molecular flexibility index (Phi) is 4.98. The first kappa shape index (κ1) is 18.7. The first-order valence-corrected chi connectivity index (χ1v) is 8.87. The van der Waals surface area contributed by atoms with E-state index in [4.69, 9.17) is 9.57 Å². The standard InChI is InChI=1S/C16H26N4O6/c1-16(2,3)26-15(23)18-7-6-11(18)9-25-17-13(21)12-5-4-10-8-19(12)14(22)20(10)24/h10-12,24H,4-9H2,1-3H3,(H,17,21)/t10?,11-,12-/m0/s1. The van der Waals surface area contributed by atoms with Gasteiger partial charge in [0, 0.05) is 13.1 Å². The third-order valence-electron chi connectivity index (χ3n) is 4.87. The molecule has 3 heterocycles. The van der Waals surface area contributed by atoms with Crippen molar-refractivity contribution >= 4 is 18.0 Å². The summed E-state index contributed by atoms with van der Waals surface area (Å²) in [5.74, 6) is -0.421. The Bertz CT molecular complexity index is 592. The Balaban J connectivity index is 1.43. The second-order valence-electron chi connectivity index (χ2n) is 7.92. The maximum Gasteiger partial charge on any atom is 0.410 e. The van der Waals surface area contributed by atoms with Crippen LogP contribution in [0, 0.1) is 0 Å². The van der Waals surface area contributed by atoms with Crippen molar-refractivity contribution in [2.24, 2.45) is 0 Å². The summed E-state index contributed by atoms with van der Waals surface area (Å²) in [5, 5.41) is 10.3. The minimum absolute atomic E-state index is 0.151. The van der Waals surface area contributed by atoms with Crippen molar-refractivity contribution in [3.05, 3.63) is 0 Å². The van der Waals surface area contributed by atoms with Crippen LogP contribution < -0.4 is 5.48 Å². The summed E-state index contributed by atoms with van der Waals surface area (Å²) in [6.45, 7) is 6.49. The largest absolute Gasteiger partial charge is 0.444 e. The van der Waals surface area contributed by atoms with Crippen LogP contribution in [0.3, 0.4) is 0 Å². The van der Waals surface area contributed by atoms with E-state index in [1.54, 1.807) is 25.7 Å². The lowest BCUT2D eigenvalue weighted by molar-refractivity contribution is -0.141. The molecule has 26 heavy (non-hydrogen) atoms. The van der Waals surface area contributed by atoms with Crippen LogP contribution in [0.2, 0.25) is 0 Å². The minimum atomic E-state index is -0.653. The van der Waals surface area contributed by atoms with Gasteiger partial charge in [0.15, 0.2) is 0 Å². The second kappa shape index (κ2) is 6.92. The zero-order valence-electron chi connectivity index (χ0n) is 15.3. The van der Waals surface area contributed by atoms with E-state index in [1.807, 2.05) is 0 Å². The van der Waals surface area contributed by atoms with Crippen LogP contribution >= 0.6 is 0 Å². The van der Waals surface area contributed by atoms with E-state index in [0.717, 1.165) is 6.42 Å². The number of urea groups is 1. The number of piperidine rings is 1. The molecule has 3 saturated heterocycles. The van der Waals surface area contributed by atoms with E-state index in [-0.39, 0.29) is 18.7 Å². The number of hydrogen-bond acceptors (Lipinski definition) is 6. The van der Waals surface area contributed by atoms with Crippen LogP contribution in [0.1, 0.15) is 40.0 Å². The van der Waals surface area contributed by atoms with E-state index in [0.29, 0.717) is 31.0 Å². The van der Waals surface area contributed by atoms with Gasteiger partial charge in [0.25, 0.3) is 5.91 Å². The summed E-state index contributed by atoms with van der Waals surface area (Å²) in [5.41, 5.74) is 1.80. The van der Waals surface area contributed by atoms with E-state index >= 15 is 0 Å². The van der Waals surface area contributed by atoms with E-state index < -0.39 is 29.7 Å². The number of hydrogen-bond donors (Lipinski definition) is 2. The highest BCUT2D eigenvalue weighted by Gasteiger charge is 2.47. The highest BCUT2D eigenvalue weighted by molar-refractivity contribution is 5.87. The molecule has 146 valence electrons. The number of ether oxygens (including phenoxy) is 1. The number of nitrogens with zero attached hydrogens (tertiary/aromatic N) is 3. The molecule has 10 heteroatoms. The average molecular weight is 370 g/mol. The molecule has 0 aliphatic carbocycles. The van der Waals surface area contributed by atoms with Crippen molar-refractivity contribution in [1.82, 2.24) is 20.3 Å². The number of fused-ring (bicyclic) bond motifs is 2.